The molecule has 3 aliphatic heterocycles. The van der Waals surface area contributed by atoms with Crippen LogP contribution in [-0.4, -0.2) is 90.2 Å². The maximum Gasteiger partial charge on any atom is 0.317 e. The fraction of sp³-hybridized carbons (Fsp3) is 0.600. The zero-order valence-corrected chi connectivity index (χ0v) is 17.1. The number of carbonyl (C=O) groups excluding carboxylic acids is 2. The predicted octanol–water partition coefficient (Wildman–Crippen LogP) is 1.67. The van der Waals surface area contributed by atoms with Gasteiger partial charge in [-0.1, -0.05) is 11.6 Å². The van der Waals surface area contributed by atoms with E-state index in [0.717, 1.165) is 6.54 Å². The Balaban J connectivity index is 1.51. The Kier molecular flexibility index (Phi) is 5.24. The highest BCUT2D eigenvalue weighted by molar-refractivity contribution is 6.30. The SMILES string of the molecule is CC(C)NC(=O)N1CC2(C1)CN(C(=O)c1ccc(Cl)cc1)C[C@@H]1COCCN12. The normalized spacial score (nSPS) is 24.1. The highest BCUT2D eigenvalue weighted by Gasteiger charge is 2.56. The number of ether oxygens (including phenoxy) is 1. The predicted molar refractivity (Wildman–Crippen MR) is 107 cm³/mol. The molecule has 7 nitrogen and oxygen atoms in total. The number of halogens is 1. The number of benzene rings is 1. The van der Waals surface area contributed by atoms with E-state index in [4.69, 9.17) is 16.3 Å². The number of carbonyl (C=O) groups is 2. The molecule has 28 heavy (non-hydrogen) atoms. The Labute approximate surface area is 170 Å². The van der Waals surface area contributed by atoms with Crippen molar-refractivity contribution in [1.29, 1.82) is 0 Å². The molecular weight excluding hydrogens is 380 g/mol. The number of hydrogen-bond acceptors (Lipinski definition) is 4. The largest absolute Gasteiger partial charge is 0.378 e. The summed E-state index contributed by atoms with van der Waals surface area (Å²) in [6.07, 6.45) is 0. The van der Waals surface area contributed by atoms with E-state index in [1.807, 2.05) is 23.6 Å². The van der Waals surface area contributed by atoms with Gasteiger partial charge in [-0.15, -0.1) is 0 Å². The molecular formula is C20H27ClN4O3. The Hall–Kier alpha value is -1.83. The first-order chi connectivity index (χ1) is 13.4. The number of hydrogen-bond donors (Lipinski definition) is 1. The molecule has 0 aromatic heterocycles. The smallest absolute Gasteiger partial charge is 0.317 e. The van der Waals surface area contributed by atoms with Gasteiger partial charge in [0.15, 0.2) is 0 Å². The number of amides is 3. The number of rotatable bonds is 2. The Morgan fingerprint density at radius 1 is 1.18 bits per heavy atom. The minimum absolute atomic E-state index is 0.00588. The quantitative estimate of drug-likeness (QED) is 0.811. The van der Waals surface area contributed by atoms with Crippen molar-refractivity contribution in [2.24, 2.45) is 0 Å². The van der Waals surface area contributed by atoms with Crippen molar-refractivity contribution in [3.8, 4) is 0 Å². The van der Waals surface area contributed by atoms with E-state index < -0.39 is 0 Å². The van der Waals surface area contributed by atoms with E-state index in [1.165, 1.54) is 0 Å². The van der Waals surface area contributed by atoms with Crippen molar-refractivity contribution in [1.82, 2.24) is 20.0 Å². The van der Waals surface area contributed by atoms with Crippen molar-refractivity contribution in [3.63, 3.8) is 0 Å². The Morgan fingerprint density at radius 3 is 2.54 bits per heavy atom. The lowest BCUT2D eigenvalue weighted by Crippen LogP contribution is -2.82. The molecule has 0 radical (unpaired) electrons. The maximum absolute atomic E-state index is 13.1. The molecule has 0 bridgehead atoms. The molecule has 152 valence electrons. The molecule has 1 aromatic rings. The number of piperazine rings is 1. The zero-order valence-electron chi connectivity index (χ0n) is 16.4. The second-order valence-corrected chi connectivity index (χ2v) is 8.74. The second-order valence-electron chi connectivity index (χ2n) is 8.30. The summed E-state index contributed by atoms with van der Waals surface area (Å²) in [4.78, 5) is 31.7. The number of likely N-dealkylation sites (tertiary alicyclic amines) is 1. The lowest BCUT2D eigenvalue weighted by atomic mass is 9.82. The minimum Gasteiger partial charge on any atom is -0.378 e. The monoisotopic (exact) mass is 406 g/mol. The van der Waals surface area contributed by atoms with Gasteiger partial charge in [-0.05, 0) is 38.1 Å². The van der Waals surface area contributed by atoms with Gasteiger partial charge in [0.2, 0.25) is 0 Å². The molecule has 4 rings (SSSR count). The topological polar surface area (TPSA) is 65.1 Å². The van der Waals surface area contributed by atoms with Crippen LogP contribution in [0.2, 0.25) is 5.02 Å². The summed E-state index contributed by atoms with van der Waals surface area (Å²) in [6, 6.07) is 7.25. The molecule has 3 heterocycles. The minimum atomic E-state index is -0.191. The molecule has 0 unspecified atom stereocenters. The van der Waals surface area contributed by atoms with Crippen LogP contribution in [-0.2, 0) is 4.74 Å². The van der Waals surface area contributed by atoms with Crippen molar-refractivity contribution < 1.29 is 14.3 Å². The average molecular weight is 407 g/mol. The van der Waals surface area contributed by atoms with Gasteiger partial charge in [-0.25, -0.2) is 4.79 Å². The fourth-order valence-electron chi connectivity index (χ4n) is 4.55. The number of morpholine rings is 1. The summed E-state index contributed by atoms with van der Waals surface area (Å²) < 4.78 is 5.69. The molecule has 8 heteroatoms. The molecule has 1 N–H and O–H groups in total. The number of nitrogens with one attached hydrogen (secondary N) is 1. The van der Waals surface area contributed by atoms with Crippen LogP contribution >= 0.6 is 11.6 Å². The van der Waals surface area contributed by atoms with Crippen LogP contribution in [0.15, 0.2) is 24.3 Å². The van der Waals surface area contributed by atoms with Crippen LogP contribution < -0.4 is 5.32 Å². The highest BCUT2D eigenvalue weighted by Crippen LogP contribution is 2.36. The molecule has 0 aliphatic carbocycles. The molecule has 3 fully saturated rings. The van der Waals surface area contributed by atoms with Gasteiger partial charge < -0.3 is 19.9 Å². The van der Waals surface area contributed by atoms with Gasteiger partial charge >= 0.3 is 6.03 Å². The van der Waals surface area contributed by atoms with E-state index in [-0.39, 0.29) is 29.6 Å². The van der Waals surface area contributed by atoms with Crippen LogP contribution in [0.5, 0.6) is 0 Å². The van der Waals surface area contributed by atoms with Crippen molar-refractivity contribution in [2.75, 3.05) is 45.9 Å². The Morgan fingerprint density at radius 2 is 1.86 bits per heavy atom. The van der Waals surface area contributed by atoms with Crippen LogP contribution in [0.3, 0.4) is 0 Å². The summed E-state index contributed by atoms with van der Waals surface area (Å²) in [6.45, 7) is 8.59. The van der Waals surface area contributed by atoms with Gasteiger partial charge in [-0.2, -0.15) is 0 Å². The van der Waals surface area contributed by atoms with Gasteiger partial charge in [0, 0.05) is 49.4 Å². The van der Waals surface area contributed by atoms with E-state index in [9.17, 15) is 9.59 Å². The van der Waals surface area contributed by atoms with Crippen LogP contribution in [0, 0.1) is 0 Å². The number of urea groups is 1. The number of fused-ring (bicyclic) bond motifs is 2. The average Bonchev–Trinajstić information content (AvgIpc) is 2.64. The van der Waals surface area contributed by atoms with Crippen LogP contribution in [0.25, 0.3) is 0 Å². The maximum atomic E-state index is 13.1. The summed E-state index contributed by atoms with van der Waals surface area (Å²) in [5, 5.41) is 3.57. The molecule has 3 saturated heterocycles. The standard InChI is InChI=1S/C20H27ClN4O3/c1-14(2)22-19(27)24-12-20(13-24)11-23(9-17-10-28-8-7-25(17)20)18(26)15-3-5-16(21)6-4-15/h3-6,14,17H,7-13H2,1-2H3,(H,22,27)/t17-/m1/s1. The molecule has 3 aliphatic rings. The van der Waals surface area contributed by atoms with Gasteiger partial charge in [0.05, 0.1) is 24.8 Å². The molecule has 1 aromatic carbocycles. The van der Waals surface area contributed by atoms with Crippen LogP contribution in [0.1, 0.15) is 24.2 Å². The molecule has 1 spiro atoms. The van der Waals surface area contributed by atoms with E-state index >= 15 is 0 Å². The first-order valence-electron chi connectivity index (χ1n) is 9.83. The summed E-state index contributed by atoms with van der Waals surface area (Å²) >= 11 is 5.96. The van der Waals surface area contributed by atoms with E-state index in [0.29, 0.717) is 50.0 Å². The molecule has 0 saturated carbocycles. The summed E-state index contributed by atoms with van der Waals surface area (Å²) in [5.74, 6) is 0.00588. The molecule has 1 atom stereocenters. The van der Waals surface area contributed by atoms with Gasteiger partial charge in [0.1, 0.15) is 0 Å². The van der Waals surface area contributed by atoms with E-state index in [1.54, 1.807) is 24.3 Å². The molecule has 3 amide bonds. The second kappa shape index (κ2) is 7.54. The van der Waals surface area contributed by atoms with Gasteiger partial charge in [0.25, 0.3) is 5.91 Å². The van der Waals surface area contributed by atoms with Crippen molar-refractivity contribution >= 4 is 23.5 Å². The fourth-order valence-corrected chi connectivity index (χ4v) is 4.68. The first kappa shape index (κ1) is 19.5. The highest BCUT2D eigenvalue weighted by atomic mass is 35.5. The van der Waals surface area contributed by atoms with Crippen LogP contribution in [0.4, 0.5) is 4.79 Å². The lowest BCUT2D eigenvalue weighted by molar-refractivity contribution is -0.147. The third-order valence-electron chi connectivity index (χ3n) is 5.80. The van der Waals surface area contributed by atoms with Crippen molar-refractivity contribution in [3.05, 3.63) is 34.9 Å². The third kappa shape index (κ3) is 3.58. The van der Waals surface area contributed by atoms with Gasteiger partial charge in [-0.3, -0.25) is 9.69 Å². The zero-order chi connectivity index (χ0) is 19.9. The third-order valence-corrected chi connectivity index (χ3v) is 6.05. The number of nitrogens with zero attached hydrogens (tertiary/aromatic N) is 3. The van der Waals surface area contributed by atoms with Crippen molar-refractivity contribution in [2.45, 2.75) is 31.5 Å². The van der Waals surface area contributed by atoms with E-state index in [2.05, 4.69) is 10.2 Å². The summed E-state index contributed by atoms with van der Waals surface area (Å²) in [5.41, 5.74) is 0.446. The lowest BCUT2D eigenvalue weighted by Gasteiger charge is -2.63. The summed E-state index contributed by atoms with van der Waals surface area (Å²) in [7, 11) is 0. The Bertz CT molecular complexity index is 748. The first-order valence-corrected chi connectivity index (χ1v) is 10.2.